The van der Waals surface area contributed by atoms with Crippen LogP contribution in [0.3, 0.4) is 0 Å². The predicted octanol–water partition coefficient (Wildman–Crippen LogP) is 2.98. The number of nitrogens with one attached hydrogen (secondary N) is 1. The number of likely N-dealkylation sites (tertiary alicyclic amines) is 1. The van der Waals surface area contributed by atoms with Gasteiger partial charge in [0.1, 0.15) is 5.75 Å². The van der Waals surface area contributed by atoms with Gasteiger partial charge in [0.05, 0.1) is 24.2 Å². The summed E-state index contributed by atoms with van der Waals surface area (Å²) in [5.74, 6) is -1.58. The summed E-state index contributed by atoms with van der Waals surface area (Å²) >= 11 is 6.26. The van der Waals surface area contributed by atoms with Crippen LogP contribution in [0.15, 0.2) is 78.6 Å². The van der Waals surface area contributed by atoms with E-state index < -0.39 is 23.5 Å². The summed E-state index contributed by atoms with van der Waals surface area (Å²) in [6.45, 7) is 2.44. The molecule has 0 bridgehead atoms. The van der Waals surface area contributed by atoms with Crippen molar-refractivity contribution < 1.29 is 24.4 Å². The fourth-order valence-corrected chi connectivity index (χ4v) is 4.05. The van der Waals surface area contributed by atoms with Crippen molar-refractivity contribution in [1.29, 1.82) is 0 Å². The summed E-state index contributed by atoms with van der Waals surface area (Å²) < 4.78 is 5.43. The number of ether oxygens (including phenoxy) is 1. The fourth-order valence-electron chi connectivity index (χ4n) is 3.81. The molecule has 3 aromatic rings. The third-order valence-corrected chi connectivity index (χ3v) is 5.56. The van der Waals surface area contributed by atoms with Gasteiger partial charge in [0.25, 0.3) is 5.91 Å². The predicted molar refractivity (Wildman–Crippen MR) is 117 cm³/mol. The van der Waals surface area contributed by atoms with Gasteiger partial charge >= 0.3 is 0 Å². The second-order valence-corrected chi connectivity index (χ2v) is 7.72. The molecule has 2 aromatic carbocycles. The zero-order valence-electron chi connectivity index (χ0n) is 17.4. The molecule has 1 N–H and O–H groups in total. The number of amides is 1. The Hall–Kier alpha value is -3.64. The molecular weight excluding hydrogens is 428 g/mol. The molecule has 0 spiro atoms. The van der Waals surface area contributed by atoms with Gasteiger partial charge in [-0.05, 0) is 36.2 Å². The molecule has 1 aromatic heterocycles. The number of aromatic nitrogens is 1. The zero-order valence-corrected chi connectivity index (χ0v) is 18.1. The standard InChI is InChI=1S/C25H21ClN2O4/c1-2-32-20-11-10-18(13-19(20)26)23(29)21-22(17-8-4-3-5-9-17)28(25(31)24(21)30)15-16-7-6-12-27-14-16/h3-14,22,29H,2,15H2,1H3/b23-21+. The average molecular weight is 449 g/mol. The Bertz CT molecular complexity index is 1180. The maximum atomic E-state index is 13.5. The van der Waals surface area contributed by atoms with E-state index in [1.165, 1.54) is 11.0 Å². The van der Waals surface area contributed by atoms with Gasteiger partial charge in [-0.3, -0.25) is 9.59 Å². The van der Waals surface area contributed by atoms with E-state index in [-0.39, 0.29) is 22.7 Å². The van der Waals surface area contributed by atoms with Crippen molar-refractivity contribution in [2.24, 2.45) is 0 Å². The first kappa shape index (κ1) is 21.6. The van der Waals surface area contributed by atoms with Gasteiger partial charge < -0.3 is 14.7 Å². The Balaban J connectivity index is 1.83. The minimum Gasteiger partial charge on any atom is -0.872 e. The molecule has 1 amide bonds. The summed E-state index contributed by atoms with van der Waals surface area (Å²) in [7, 11) is 0. The van der Waals surface area contributed by atoms with Crippen LogP contribution in [0.2, 0.25) is 5.02 Å². The van der Waals surface area contributed by atoms with E-state index in [2.05, 4.69) is 4.98 Å². The number of Topliss-reactive ketones (excluding diaryl/α,β-unsaturated/α-hetero) is 1. The van der Waals surface area contributed by atoms with Crippen molar-refractivity contribution in [3.63, 3.8) is 0 Å². The fraction of sp³-hybridized carbons (Fsp3) is 0.160. The third kappa shape index (κ3) is 4.09. The van der Waals surface area contributed by atoms with Crippen molar-refractivity contribution in [3.05, 3.63) is 100 Å². The average Bonchev–Trinajstić information content (AvgIpc) is 3.06. The molecular formula is C25H21ClN2O4. The number of halogens is 1. The third-order valence-electron chi connectivity index (χ3n) is 5.26. The van der Waals surface area contributed by atoms with Crippen LogP contribution in [-0.4, -0.2) is 23.2 Å². The van der Waals surface area contributed by atoms with Crippen molar-refractivity contribution >= 4 is 29.1 Å². The van der Waals surface area contributed by atoms with Crippen molar-refractivity contribution in [2.75, 3.05) is 6.61 Å². The quantitative estimate of drug-likeness (QED) is 0.329. The Labute approximate surface area is 190 Å². The molecule has 1 fully saturated rings. The highest BCUT2D eigenvalue weighted by molar-refractivity contribution is 6.46. The minimum absolute atomic E-state index is 0.0821. The Morgan fingerprint density at radius 2 is 1.91 bits per heavy atom. The summed E-state index contributed by atoms with van der Waals surface area (Å²) in [6.07, 6.45) is 3.51. The van der Waals surface area contributed by atoms with E-state index in [1.54, 1.807) is 36.7 Å². The Morgan fingerprint density at radius 1 is 1.12 bits per heavy atom. The summed E-state index contributed by atoms with van der Waals surface area (Å²) in [4.78, 5) is 30.4. The molecule has 4 rings (SSSR count). The van der Waals surface area contributed by atoms with Crippen LogP contribution < -0.4 is 14.8 Å². The van der Waals surface area contributed by atoms with Crippen LogP contribution in [0, 0.1) is 0 Å². The lowest BCUT2D eigenvalue weighted by atomic mass is 9.95. The van der Waals surface area contributed by atoms with E-state index in [9.17, 15) is 14.7 Å². The number of carbonyl (C=O) groups excluding carboxylic acids is 2. The van der Waals surface area contributed by atoms with Crippen LogP contribution in [0.25, 0.3) is 5.76 Å². The zero-order chi connectivity index (χ0) is 22.7. The number of hydrogen-bond donors (Lipinski definition) is 0. The monoisotopic (exact) mass is 448 g/mol. The molecule has 1 unspecified atom stereocenters. The van der Waals surface area contributed by atoms with E-state index >= 15 is 0 Å². The second kappa shape index (κ2) is 9.24. The molecule has 1 atom stereocenters. The molecule has 0 aliphatic carbocycles. The van der Waals surface area contributed by atoms with Crippen LogP contribution in [0.4, 0.5) is 0 Å². The van der Waals surface area contributed by atoms with E-state index in [4.69, 9.17) is 16.3 Å². The smallest absolute Gasteiger partial charge is 0.295 e. The highest BCUT2D eigenvalue weighted by Gasteiger charge is 2.44. The number of hydrogen-bond acceptors (Lipinski definition) is 4. The highest BCUT2D eigenvalue weighted by atomic mass is 35.5. The van der Waals surface area contributed by atoms with Gasteiger partial charge in [-0.1, -0.05) is 53.8 Å². The summed E-state index contributed by atoms with van der Waals surface area (Å²) in [5, 5.41) is 13.7. The van der Waals surface area contributed by atoms with Gasteiger partial charge in [0.2, 0.25) is 5.78 Å². The van der Waals surface area contributed by atoms with E-state index in [1.807, 2.05) is 37.3 Å². The van der Waals surface area contributed by atoms with Gasteiger partial charge in [-0.15, -0.1) is 0 Å². The largest absolute Gasteiger partial charge is 0.872 e. The molecule has 162 valence electrons. The summed E-state index contributed by atoms with van der Waals surface area (Å²) in [6, 6.07) is 16.6. The number of H-pyrrole nitrogens is 1. The van der Waals surface area contributed by atoms with Crippen molar-refractivity contribution in [3.8, 4) is 5.75 Å². The molecule has 32 heavy (non-hydrogen) atoms. The molecule has 1 aliphatic rings. The van der Waals surface area contributed by atoms with Gasteiger partial charge in [0, 0.05) is 17.2 Å². The lowest BCUT2D eigenvalue weighted by molar-refractivity contribution is -0.378. The lowest BCUT2D eigenvalue weighted by Gasteiger charge is -2.27. The number of rotatable bonds is 6. The topological polar surface area (TPSA) is 83.8 Å². The molecule has 1 saturated heterocycles. The molecule has 7 heteroatoms. The van der Waals surface area contributed by atoms with Crippen LogP contribution in [0.1, 0.15) is 29.7 Å². The van der Waals surface area contributed by atoms with Crippen molar-refractivity contribution in [1.82, 2.24) is 4.90 Å². The number of ketones is 1. The van der Waals surface area contributed by atoms with Crippen molar-refractivity contribution in [2.45, 2.75) is 19.5 Å². The Kier molecular flexibility index (Phi) is 6.23. The first-order chi connectivity index (χ1) is 15.5. The van der Waals surface area contributed by atoms with Crippen LogP contribution >= 0.6 is 11.6 Å². The molecule has 6 nitrogen and oxygen atoms in total. The first-order valence-electron chi connectivity index (χ1n) is 10.2. The highest BCUT2D eigenvalue weighted by Crippen LogP contribution is 2.40. The van der Waals surface area contributed by atoms with Gasteiger partial charge in [-0.25, -0.2) is 4.98 Å². The van der Waals surface area contributed by atoms with Crippen LogP contribution in [0.5, 0.6) is 5.75 Å². The Morgan fingerprint density at radius 3 is 2.56 bits per heavy atom. The van der Waals surface area contributed by atoms with Gasteiger partial charge in [-0.2, -0.15) is 0 Å². The maximum absolute atomic E-state index is 13.5. The number of pyridine rings is 1. The van der Waals surface area contributed by atoms with E-state index in [0.717, 1.165) is 5.56 Å². The van der Waals surface area contributed by atoms with Crippen LogP contribution in [-0.2, 0) is 16.1 Å². The molecule has 0 saturated carbocycles. The summed E-state index contributed by atoms with van der Waals surface area (Å²) in [5.41, 5.74) is 1.64. The molecule has 1 aliphatic heterocycles. The molecule has 2 heterocycles. The minimum atomic E-state index is -0.797. The number of benzene rings is 2. The maximum Gasteiger partial charge on any atom is 0.295 e. The number of carbonyl (C=O) groups is 2. The number of aromatic amines is 1. The lowest BCUT2D eigenvalue weighted by Crippen LogP contribution is -2.29. The molecule has 0 radical (unpaired) electrons. The van der Waals surface area contributed by atoms with E-state index in [0.29, 0.717) is 17.9 Å². The SMILES string of the molecule is CCOc1ccc(/C([O-])=C2\C(=O)C(=O)N(Cc3ccc[nH+]c3)C2c2ccccc2)cc1Cl. The van der Waals surface area contributed by atoms with Gasteiger partial charge in [0.15, 0.2) is 12.4 Å². The first-order valence-corrected chi connectivity index (χ1v) is 10.6. The number of nitrogens with zero attached hydrogens (tertiary/aromatic N) is 1. The second-order valence-electron chi connectivity index (χ2n) is 7.31. The normalized spacial score (nSPS) is 17.6.